The lowest BCUT2D eigenvalue weighted by Crippen LogP contribution is -2.66. The zero-order chi connectivity index (χ0) is 25.7. The number of nitrogens with zero attached hydrogens (tertiary/aromatic N) is 5. The van der Waals surface area contributed by atoms with Gasteiger partial charge < -0.3 is 15.5 Å². The number of benzene rings is 1. The standard InChI is InChI=1S/C21H23ClFN7O4S/c1-21(2)20(32)28(6-7-29(21)17(31)10-27-35(3,33)34)16-8-12(4-5-14(16)23)15-9-13(22)18-19(24)25-11-26-30(15)18/h4-5,8-9,11,27H,6-7,10H2,1-3H3,(H2,24,25,26). The van der Waals surface area contributed by atoms with E-state index < -0.39 is 39.7 Å². The molecule has 11 nitrogen and oxygen atoms in total. The zero-order valence-electron chi connectivity index (χ0n) is 19.1. The fraction of sp³-hybridized carbons (Fsp3) is 0.333. The van der Waals surface area contributed by atoms with E-state index in [2.05, 4.69) is 14.8 Å². The van der Waals surface area contributed by atoms with Crippen molar-refractivity contribution < 1.29 is 22.4 Å². The highest BCUT2D eigenvalue weighted by atomic mass is 35.5. The highest BCUT2D eigenvalue weighted by molar-refractivity contribution is 7.88. The van der Waals surface area contributed by atoms with Crippen molar-refractivity contribution in [2.75, 3.05) is 36.5 Å². The van der Waals surface area contributed by atoms with Gasteiger partial charge in [0.15, 0.2) is 5.82 Å². The van der Waals surface area contributed by atoms with Crippen LogP contribution in [-0.2, 0) is 19.6 Å². The van der Waals surface area contributed by atoms with Gasteiger partial charge >= 0.3 is 0 Å². The summed E-state index contributed by atoms with van der Waals surface area (Å²) in [4.78, 5) is 32.5. The van der Waals surface area contributed by atoms with Crippen molar-refractivity contribution in [2.24, 2.45) is 0 Å². The highest BCUT2D eigenvalue weighted by Crippen LogP contribution is 2.35. The number of hydrogen-bond donors (Lipinski definition) is 2. The van der Waals surface area contributed by atoms with Gasteiger partial charge in [-0.25, -0.2) is 27.0 Å². The van der Waals surface area contributed by atoms with Crippen LogP contribution in [0, 0.1) is 5.82 Å². The Morgan fingerprint density at radius 1 is 1.29 bits per heavy atom. The summed E-state index contributed by atoms with van der Waals surface area (Å²) in [6.45, 7) is 2.67. The second-order valence-electron chi connectivity index (χ2n) is 8.60. The minimum absolute atomic E-state index is 0.0119. The third kappa shape index (κ3) is 4.54. The number of nitrogens with one attached hydrogen (secondary N) is 1. The fourth-order valence-electron chi connectivity index (χ4n) is 4.09. The van der Waals surface area contributed by atoms with Crippen molar-refractivity contribution in [3.63, 3.8) is 0 Å². The molecule has 0 aliphatic carbocycles. The molecule has 4 rings (SSSR count). The van der Waals surface area contributed by atoms with Gasteiger partial charge in [0, 0.05) is 18.7 Å². The molecule has 186 valence electrons. The maximum Gasteiger partial charge on any atom is 0.252 e. The second kappa shape index (κ2) is 8.73. The van der Waals surface area contributed by atoms with E-state index >= 15 is 0 Å². The molecular weight excluding hydrogens is 501 g/mol. The predicted octanol–water partition coefficient (Wildman–Crippen LogP) is 1.27. The molecule has 0 atom stereocenters. The van der Waals surface area contributed by atoms with Crippen molar-refractivity contribution in [2.45, 2.75) is 19.4 Å². The lowest BCUT2D eigenvalue weighted by Gasteiger charge is -2.46. The number of sulfonamides is 1. The number of halogens is 2. The number of hydrogen-bond acceptors (Lipinski definition) is 7. The minimum Gasteiger partial charge on any atom is -0.382 e. The van der Waals surface area contributed by atoms with Crippen LogP contribution in [0.3, 0.4) is 0 Å². The molecule has 3 N–H and O–H groups in total. The minimum atomic E-state index is -3.59. The third-order valence-corrected chi connectivity index (χ3v) is 6.80. The molecular formula is C21H23ClFN7O4S. The van der Waals surface area contributed by atoms with E-state index in [0.717, 1.165) is 6.26 Å². The van der Waals surface area contributed by atoms with E-state index in [0.29, 0.717) is 21.8 Å². The summed E-state index contributed by atoms with van der Waals surface area (Å²) in [5.74, 6) is -1.52. The summed E-state index contributed by atoms with van der Waals surface area (Å²) in [5.41, 5.74) is 6.05. The van der Waals surface area contributed by atoms with Gasteiger partial charge in [0.1, 0.15) is 23.2 Å². The van der Waals surface area contributed by atoms with Crippen molar-refractivity contribution in [1.29, 1.82) is 0 Å². The topological polar surface area (TPSA) is 143 Å². The fourth-order valence-corrected chi connectivity index (χ4v) is 4.75. The number of fused-ring (bicyclic) bond motifs is 1. The van der Waals surface area contributed by atoms with E-state index in [4.69, 9.17) is 17.3 Å². The summed E-state index contributed by atoms with van der Waals surface area (Å²) < 4.78 is 41.3. The van der Waals surface area contributed by atoms with Gasteiger partial charge in [-0.2, -0.15) is 5.10 Å². The smallest absolute Gasteiger partial charge is 0.252 e. The Hall–Kier alpha value is -3.29. The highest BCUT2D eigenvalue weighted by Gasteiger charge is 2.45. The summed E-state index contributed by atoms with van der Waals surface area (Å²) in [7, 11) is -3.59. The molecule has 0 saturated carbocycles. The second-order valence-corrected chi connectivity index (χ2v) is 10.8. The molecule has 35 heavy (non-hydrogen) atoms. The zero-order valence-corrected chi connectivity index (χ0v) is 20.7. The predicted molar refractivity (Wildman–Crippen MR) is 129 cm³/mol. The van der Waals surface area contributed by atoms with Gasteiger partial charge in [-0.3, -0.25) is 9.59 Å². The van der Waals surface area contributed by atoms with Gasteiger partial charge in [0.25, 0.3) is 5.91 Å². The monoisotopic (exact) mass is 523 g/mol. The molecule has 0 bridgehead atoms. The quantitative estimate of drug-likeness (QED) is 0.512. The van der Waals surface area contributed by atoms with Crippen molar-refractivity contribution in [3.8, 4) is 11.3 Å². The number of rotatable bonds is 5. The maximum atomic E-state index is 15.0. The molecule has 1 saturated heterocycles. The van der Waals surface area contributed by atoms with Crippen LogP contribution in [0.4, 0.5) is 15.9 Å². The SMILES string of the molecule is CC1(C)C(=O)N(c2cc(-c3cc(Cl)c4c(N)ncnn34)ccc2F)CCN1C(=O)CNS(C)(=O)=O. The van der Waals surface area contributed by atoms with Gasteiger partial charge in [0.05, 0.1) is 29.2 Å². The first kappa shape index (κ1) is 24.8. The molecule has 1 aromatic carbocycles. The first-order chi connectivity index (χ1) is 16.3. The number of anilines is 2. The average Bonchev–Trinajstić information content (AvgIpc) is 3.12. The Morgan fingerprint density at radius 2 is 2.00 bits per heavy atom. The molecule has 3 heterocycles. The molecule has 0 radical (unpaired) electrons. The average molecular weight is 524 g/mol. The van der Waals surface area contributed by atoms with E-state index in [9.17, 15) is 22.4 Å². The molecule has 1 fully saturated rings. The number of aromatic nitrogens is 3. The molecule has 0 unspecified atom stereocenters. The van der Waals surface area contributed by atoms with E-state index in [-0.39, 0.29) is 24.6 Å². The van der Waals surface area contributed by atoms with Crippen molar-refractivity contribution >= 4 is 50.5 Å². The normalized spacial score (nSPS) is 16.2. The van der Waals surface area contributed by atoms with Crippen LogP contribution < -0.4 is 15.4 Å². The lowest BCUT2D eigenvalue weighted by atomic mass is 9.96. The molecule has 14 heteroatoms. The van der Waals surface area contributed by atoms with Gasteiger partial charge in [-0.15, -0.1) is 0 Å². The summed E-state index contributed by atoms with van der Waals surface area (Å²) in [5, 5.41) is 4.50. The molecule has 1 aliphatic rings. The van der Waals surface area contributed by atoms with Crippen LogP contribution in [0.2, 0.25) is 5.02 Å². The molecule has 3 aromatic rings. The van der Waals surface area contributed by atoms with Crippen molar-refractivity contribution in [3.05, 3.63) is 41.4 Å². The number of carbonyl (C=O) groups is 2. The van der Waals surface area contributed by atoms with E-state index in [1.54, 1.807) is 6.07 Å². The Bertz CT molecular complexity index is 1460. The molecule has 2 aromatic heterocycles. The van der Waals surface area contributed by atoms with Crippen LogP contribution in [0.25, 0.3) is 16.8 Å². The largest absolute Gasteiger partial charge is 0.382 e. The summed E-state index contributed by atoms with van der Waals surface area (Å²) in [6.07, 6.45) is 2.21. The summed E-state index contributed by atoms with van der Waals surface area (Å²) in [6, 6.07) is 5.89. The number of carbonyl (C=O) groups excluding carboxylic acids is 2. The lowest BCUT2D eigenvalue weighted by molar-refractivity contribution is -0.146. The maximum absolute atomic E-state index is 15.0. The molecule has 2 amide bonds. The Morgan fingerprint density at radius 3 is 2.69 bits per heavy atom. The number of amides is 2. The van der Waals surface area contributed by atoms with Crippen molar-refractivity contribution in [1.82, 2.24) is 24.2 Å². The van der Waals surface area contributed by atoms with Crippen LogP contribution in [0.15, 0.2) is 30.6 Å². The number of nitrogen functional groups attached to an aromatic ring is 1. The molecule has 0 spiro atoms. The van der Waals surface area contributed by atoms with E-state index in [1.165, 1.54) is 52.7 Å². The Kier molecular flexibility index (Phi) is 6.19. The Balaban J connectivity index is 1.67. The van der Waals surface area contributed by atoms with Crippen LogP contribution in [0.5, 0.6) is 0 Å². The first-order valence-electron chi connectivity index (χ1n) is 10.5. The van der Waals surface area contributed by atoms with Crippen LogP contribution in [-0.4, -0.2) is 71.2 Å². The Labute approximate surface area is 205 Å². The number of nitrogens with two attached hydrogens (primary N) is 1. The van der Waals surface area contributed by atoms with Crippen LogP contribution >= 0.6 is 11.6 Å². The number of piperazine rings is 1. The first-order valence-corrected chi connectivity index (χ1v) is 12.7. The molecule has 1 aliphatic heterocycles. The third-order valence-electron chi connectivity index (χ3n) is 5.85. The van der Waals surface area contributed by atoms with E-state index in [1.807, 2.05) is 0 Å². The summed E-state index contributed by atoms with van der Waals surface area (Å²) >= 11 is 6.31. The van der Waals surface area contributed by atoms with Gasteiger partial charge in [-0.05, 0) is 38.1 Å². The van der Waals surface area contributed by atoms with Gasteiger partial charge in [-0.1, -0.05) is 11.6 Å². The van der Waals surface area contributed by atoms with Crippen LogP contribution in [0.1, 0.15) is 13.8 Å². The van der Waals surface area contributed by atoms with Gasteiger partial charge in [0.2, 0.25) is 15.9 Å².